The number of amides is 1. The molecule has 0 aliphatic rings. The average Bonchev–Trinajstić information content (AvgIpc) is 2.87. The third-order valence-corrected chi connectivity index (χ3v) is 2.97. The van der Waals surface area contributed by atoms with E-state index in [1.807, 2.05) is 4.90 Å². The highest BCUT2D eigenvalue weighted by Gasteiger charge is 2.15. The number of nitrogens with zero attached hydrogens (tertiary/aromatic N) is 4. The van der Waals surface area contributed by atoms with Gasteiger partial charge in [-0.3, -0.25) is 4.79 Å². The summed E-state index contributed by atoms with van der Waals surface area (Å²) in [6.45, 7) is 5.66. The maximum atomic E-state index is 12.2. The molecule has 7 nitrogen and oxygen atoms in total. The highest BCUT2D eigenvalue weighted by atomic mass is 16.4. The third kappa shape index (κ3) is 4.99. The monoisotopic (exact) mass is 282 g/mol. The Morgan fingerprint density at radius 2 is 1.85 bits per heavy atom. The number of unbranched alkanes of at least 4 members (excludes halogenated alkanes) is 2. The summed E-state index contributed by atoms with van der Waals surface area (Å²) in [7, 11) is 0. The largest absolute Gasteiger partial charge is 0.476 e. The van der Waals surface area contributed by atoms with Crippen LogP contribution in [0.5, 0.6) is 0 Å². The van der Waals surface area contributed by atoms with Gasteiger partial charge in [-0.05, 0) is 12.8 Å². The van der Waals surface area contributed by atoms with Gasteiger partial charge < -0.3 is 10.0 Å². The van der Waals surface area contributed by atoms with E-state index < -0.39 is 5.97 Å². The Bertz CT molecular complexity index is 437. The van der Waals surface area contributed by atoms with Gasteiger partial charge in [0.25, 0.3) is 0 Å². The Labute approximate surface area is 118 Å². The molecule has 0 unspecified atom stereocenters. The maximum Gasteiger partial charge on any atom is 0.358 e. The van der Waals surface area contributed by atoms with Crippen molar-refractivity contribution in [3.63, 3.8) is 0 Å². The molecule has 0 saturated carbocycles. The highest BCUT2D eigenvalue weighted by Crippen LogP contribution is 2.02. The summed E-state index contributed by atoms with van der Waals surface area (Å²) in [5.74, 6) is -1.19. The van der Waals surface area contributed by atoms with Gasteiger partial charge in [0.1, 0.15) is 6.54 Å². The van der Waals surface area contributed by atoms with Crippen LogP contribution in [0.2, 0.25) is 0 Å². The van der Waals surface area contributed by atoms with Crippen molar-refractivity contribution in [2.75, 3.05) is 13.1 Å². The van der Waals surface area contributed by atoms with E-state index in [2.05, 4.69) is 24.2 Å². The predicted molar refractivity (Wildman–Crippen MR) is 73.4 cm³/mol. The molecule has 0 spiro atoms. The minimum Gasteiger partial charge on any atom is -0.476 e. The van der Waals surface area contributed by atoms with Crippen molar-refractivity contribution in [2.24, 2.45) is 0 Å². The summed E-state index contributed by atoms with van der Waals surface area (Å²) in [5.41, 5.74) is -0.147. The molecule has 0 atom stereocenters. The highest BCUT2D eigenvalue weighted by molar-refractivity contribution is 5.84. The van der Waals surface area contributed by atoms with Crippen molar-refractivity contribution < 1.29 is 14.7 Å². The molecule has 0 saturated heterocycles. The Kier molecular flexibility index (Phi) is 6.69. The lowest BCUT2D eigenvalue weighted by Crippen LogP contribution is -2.35. The number of rotatable bonds is 9. The first-order valence-electron chi connectivity index (χ1n) is 6.99. The molecule has 20 heavy (non-hydrogen) atoms. The second-order valence-electron chi connectivity index (χ2n) is 4.69. The Balaban J connectivity index is 2.60. The minimum atomic E-state index is -1.14. The molecule has 0 bridgehead atoms. The molecule has 0 aromatic carbocycles. The molecule has 0 aliphatic carbocycles. The van der Waals surface area contributed by atoms with E-state index in [-0.39, 0.29) is 18.1 Å². The average molecular weight is 282 g/mol. The molecule has 1 aromatic heterocycles. The van der Waals surface area contributed by atoms with Gasteiger partial charge in [0, 0.05) is 13.1 Å². The van der Waals surface area contributed by atoms with Crippen LogP contribution in [-0.2, 0) is 11.3 Å². The van der Waals surface area contributed by atoms with Crippen LogP contribution in [-0.4, -0.2) is 50.0 Å². The topological polar surface area (TPSA) is 88.3 Å². The number of aromatic carboxylic acids is 1. The molecule has 112 valence electrons. The number of carbonyl (C=O) groups is 2. The van der Waals surface area contributed by atoms with Crippen LogP contribution in [0.1, 0.15) is 50.0 Å². The van der Waals surface area contributed by atoms with Gasteiger partial charge in [-0.2, -0.15) is 0 Å². The molecule has 1 N–H and O–H groups in total. The van der Waals surface area contributed by atoms with Crippen molar-refractivity contribution in [2.45, 2.75) is 46.1 Å². The number of hydrogen-bond acceptors (Lipinski definition) is 4. The predicted octanol–water partition coefficient (Wildman–Crippen LogP) is 1.41. The summed E-state index contributed by atoms with van der Waals surface area (Å²) >= 11 is 0. The van der Waals surface area contributed by atoms with Gasteiger partial charge in [-0.15, -0.1) is 5.10 Å². The first-order valence-corrected chi connectivity index (χ1v) is 6.99. The van der Waals surface area contributed by atoms with Gasteiger partial charge in [-0.1, -0.05) is 31.9 Å². The van der Waals surface area contributed by atoms with E-state index in [4.69, 9.17) is 5.11 Å². The summed E-state index contributed by atoms with van der Waals surface area (Å²) in [5, 5.41) is 15.9. The van der Waals surface area contributed by atoms with Crippen molar-refractivity contribution in [1.82, 2.24) is 19.9 Å². The van der Waals surface area contributed by atoms with E-state index in [1.54, 1.807) is 0 Å². The second-order valence-corrected chi connectivity index (χ2v) is 4.69. The SMILES string of the molecule is CCCCN(CCCC)C(=O)Cn1cc(C(=O)O)nn1. The molecule has 1 aromatic rings. The van der Waals surface area contributed by atoms with Crippen LogP contribution in [0.25, 0.3) is 0 Å². The Morgan fingerprint density at radius 3 is 2.30 bits per heavy atom. The quantitative estimate of drug-likeness (QED) is 0.739. The first-order chi connectivity index (χ1) is 9.58. The molecular formula is C13H22N4O3. The lowest BCUT2D eigenvalue weighted by atomic mass is 10.2. The van der Waals surface area contributed by atoms with Crippen molar-refractivity contribution in [3.05, 3.63) is 11.9 Å². The molecule has 1 amide bonds. The van der Waals surface area contributed by atoms with E-state index >= 15 is 0 Å². The number of carbonyl (C=O) groups excluding carboxylic acids is 1. The van der Waals surface area contributed by atoms with Crippen LogP contribution in [0.3, 0.4) is 0 Å². The minimum absolute atomic E-state index is 0.0354. The molecule has 1 heterocycles. The summed E-state index contributed by atoms with van der Waals surface area (Å²) in [6, 6.07) is 0. The van der Waals surface area contributed by atoms with Gasteiger partial charge in [0.15, 0.2) is 5.69 Å². The zero-order valence-electron chi connectivity index (χ0n) is 12.1. The van der Waals surface area contributed by atoms with Gasteiger partial charge in [-0.25, -0.2) is 9.48 Å². The van der Waals surface area contributed by atoms with E-state index in [0.717, 1.165) is 38.8 Å². The van der Waals surface area contributed by atoms with Crippen molar-refractivity contribution >= 4 is 11.9 Å². The van der Waals surface area contributed by atoms with Crippen molar-refractivity contribution in [1.29, 1.82) is 0 Å². The third-order valence-electron chi connectivity index (χ3n) is 2.97. The summed E-state index contributed by atoms with van der Waals surface area (Å²) in [6.07, 6.45) is 5.27. The maximum absolute atomic E-state index is 12.2. The van der Waals surface area contributed by atoms with Crippen molar-refractivity contribution in [3.8, 4) is 0 Å². The number of carboxylic acid groups (broad SMARTS) is 1. The van der Waals surface area contributed by atoms with Crippen LogP contribution in [0, 0.1) is 0 Å². The fraction of sp³-hybridized carbons (Fsp3) is 0.692. The van der Waals surface area contributed by atoms with E-state index in [1.165, 1.54) is 10.9 Å². The number of aromatic nitrogens is 3. The van der Waals surface area contributed by atoms with E-state index in [0.29, 0.717) is 0 Å². The summed E-state index contributed by atoms with van der Waals surface area (Å²) in [4.78, 5) is 24.7. The van der Waals surface area contributed by atoms with Gasteiger partial charge in [0.2, 0.25) is 5.91 Å². The fourth-order valence-electron chi connectivity index (χ4n) is 1.77. The standard InChI is InChI=1S/C13H22N4O3/c1-3-5-7-16(8-6-4-2)12(18)10-17-9-11(13(19)20)14-15-17/h9H,3-8,10H2,1-2H3,(H,19,20). The van der Waals surface area contributed by atoms with Gasteiger partial charge >= 0.3 is 5.97 Å². The number of carboxylic acids is 1. The molecule has 7 heteroatoms. The molecule has 0 radical (unpaired) electrons. The fourth-order valence-corrected chi connectivity index (χ4v) is 1.77. The zero-order chi connectivity index (χ0) is 15.0. The van der Waals surface area contributed by atoms with Crippen LogP contribution < -0.4 is 0 Å². The Hall–Kier alpha value is -1.92. The summed E-state index contributed by atoms with van der Waals surface area (Å²) < 4.78 is 1.27. The molecular weight excluding hydrogens is 260 g/mol. The zero-order valence-corrected chi connectivity index (χ0v) is 12.1. The normalized spacial score (nSPS) is 10.5. The molecule has 0 aliphatic heterocycles. The van der Waals surface area contributed by atoms with E-state index in [9.17, 15) is 9.59 Å². The Morgan fingerprint density at radius 1 is 1.25 bits per heavy atom. The van der Waals surface area contributed by atoms with Gasteiger partial charge in [0.05, 0.1) is 6.20 Å². The van der Waals surface area contributed by atoms with Crippen LogP contribution in [0.4, 0.5) is 0 Å². The number of hydrogen-bond donors (Lipinski definition) is 1. The lowest BCUT2D eigenvalue weighted by molar-refractivity contribution is -0.132. The molecule has 1 rings (SSSR count). The van der Waals surface area contributed by atoms with Crippen LogP contribution in [0.15, 0.2) is 6.20 Å². The smallest absolute Gasteiger partial charge is 0.358 e. The molecule has 0 fully saturated rings. The lowest BCUT2D eigenvalue weighted by Gasteiger charge is -2.22. The van der Waals surface area contributed by atoms with Crippen LogP contribution >= 0.6 is 0 Å². The first kappa shape index (κ1) is 16.1. The second kappa shape index (κ2) is 8.29.